The van der Waals surface area contributed by atoms with E-state index in [1.54, 1.807) is 24.3 Å². The molecule has 0 aliphatic carbocycles. The van der Waals surface area contributed by atoms with E-state index >= 15 is 0 Å². The zero-order chi connectivity index (χ0) is 29.3. The van der Waals surface area contributed by atoms with E-state index in [1.807, 2.05) is 19.9 Å². The topological polar surface area (TPSA) is 183 Å². The summed E-state index contributed by atoms with van der Waals surface area (Å²) < 4.78 is 15.6. The van der Waals surface area contributed by atoms with Crippen molar-refractivity contribution in [2.45, 2.75) is 57.1 Å². The second kappa shape index (κ2) is 13.6. The first-order chi connectivity index (χ1) is 19.0. The number of carboxylic acids is 1. The molecule has 3 atom stereocenters. The fourth-order valence-corrected chi connectivity index (χ4v) is 4.20. The summed E-state index contributed by atoms with van der Waals surface area (Å²) in [5, 5.41) is 15.3. The van der Waals surface area contributed by atoms with Gasteiger partial charge in [0.2, 0.25) is 5.91 Å². The van der Waals surface area contributed by atoms with Crippen molar-refractivity contribution in [2.24, 2.45) is 5.92 Å². The predicted octanol–water partition coefficient (Wildman–Crippen LogP) is 0.726. The van der Waals surface area contributed by atoms with E-state index in [-0.39, 0.29) is 24.5 Å². The highest BCUT2D eigenvalue weighted by molar-refractivity contribution is 6.50. The van der Waals surface area contributed by atoms with Gasteiger partial charge in [-0.2, -0.15) is 0 Å². The number of nitrogens with one attached hydrogen (secondary N) is 2. The molecule has 0 spiro atoms. The molecule has 14 heteroatoms. The number of carbonyl (C=O) groups excluding carboxylic acids is 4. The molecule has 2 heterocycles. The van der Waals surface area contributed by atoms with Crippen molar-refractivity contribution < 1.29 is 43.1 Å². The van der Waals surface area contributed by atoms with E-state index in [9.17, 15) is 29.1 Å². The molecule has 1 aromatic carbocycles. The Hall–Kier alpha value is -4.33. The van der Waals surface area contributed by atoms with E-state index in [4.69, 9.17) is 9.31 Å². The highest BCUT2D eigenvalue weighted by Crippen LogP contribution is 2.30. The van der Waals surface area contributed by atoms with Crippen molar-refractivity contribution in [1.29, 1.82) is 0 Å². The lowest BCUT2D eigenvalue weighted by atomic mass is 9.70. The number of benzene rings is 1. The molecule has 0 saturated carbocycles. The van der Waals surface area contributed by atoms with Crippen LogP contribution in [0.4, 0.5) is 0 Å². The van der Waals surface area contributed by atoms with Crippen molar-refractivity contribution in [3.63, 3.8) is 0 Å². The minimum Gasteiger partial charge on any atom is -0.508 e. The number of aromatic nitrogens is 2. The van der Waals surface area contributed by atoms with Gasteiger partial charge in [0.25, 0.3) is 11.9 Å². The van der Waals surface area contributed by atoms with Crippen LogP contribution in [0.3, 0.4) is 0 Å². The number of carboxylic acid groups (broad SMARTS) is 1. The highest BCUT2D eigenvalue weighted by Gasteiger charge is 2.55. The first-order valence-electron chi connectivity index (χ1n) is 12.6. The second-order valence-corrected chi connectivity index (χ2v) is 9.76. The maximum absolute atomic E-state index is 13.6. The zero-order valence-electron chi connectivity index (χ0n) is 22.4. The maximum Gasteiger partial charge on any atom is 0.552 e. The van der Waals surface area contributed by atoms with Crippen LogP contribution >= 0.6 is 0 Å². The highest BCUT2D eigenvalue weighted by atomic mass is 16.7. The van der Waals surface area contributed by atoms with Gasteiger partial charge in [0.15, 0.2) is 5.60 Å². The molecule has 40 heavy (non-hydrogen) atoms. The summed E-state index contributed by atoms with van der Waals surface area (Å²) in [4.78, 5) is 71.0. The summed E-state index contributed by atoms with van der Waals surface area (Å²) in [5.41, 5.74) is -1.48. The Balaban J connectivity index is 1.88. The van der Waals surface area contributed by atoms with E-state index in [2.05, 4.69) is 25.3 Å². The molecule has 1 saturated heterocycles. The van der Waals surface area contributed by atoms with Crippen LogP contribution in [0, 0.1) is 5.92 Å². The van der Waals surface area contributed by atoms with Gasteiger partial charge in [0.1, 0.15) is 11.7 Å². The smallest absolute Gasteiger partial charge is 0.508 e. The number of nitrogens with zero attached hydrogens (tertiary/aromatic N) is 2. The van der Waals surface area contributed by atoms with Crippen LogP contribution in [0.5, 0.6) is 0 Å². The fourth-order valence-electron chi connectivity index (χ4n) is 4.20. The summed E-state index contributed by atoms with van der Waals surface area (Å²) in [6.45, 7) is 3.69. The van der Waals surface area contributed by atoms with Crippen molar-refractivity contribution in [2.75, 3.05) is 7.11 Å². The summed E-state index contributed by atoms with van der Waals surface area (Å²) in [6.07, 6.45) is 2.88. The molecule has 3 N–H and O–H groups in total. The van der Waals surface area contributed by atoms with Gasteiger partial charge in [-0.1, -0.05) is 44.2 Å². The molecule has 212 valence electrons. The van der Waals surface area contributed by atoms with Gasteiger partial charge in [-0.15, -0.1) is 0 Å². The number of rotatable bonds is 12. The Morgan fingerprint density at radius 3 is 2.48 bits per heavy atom. The molecule has 1 aliphatic heterocycles. The quantitative estimate of drug-likeness (QED) is 0.248. The number of amides is 2. The van der Waals surface area contributed by atoms with Crippen LogP contribution in [0.2, 0.25) is 0 Å². The van der Waals surface area contributed by atoms with Crippen LogP contribution in [0.1, 0.15) is 49.2 Å². The van der Waals surface area contributed by atoms with Gasteiger partial charge in [-0.05, 0) is 17.9 Å². The average Bonchev–Trinajstić information content (AvgIpc) is 2.92. The molecular formula is C26H31BN4O9. The predicted molar refractivity (Wildman–Crippen MR) is 139 cm³/mol. The SMILES string of the molecule is COC(=O)CC1(C(=O)O)CC(=O)OB([C@H](CC(C)C)NC(=O)C(Cc2ccccc2)NC(=O)c2cnccn2)O1. The number of hydrogen-bond acceptors (Lipinski definition) is 10. The van der Waals surface area contributed by atoms with Gasteiger partial charge >= 0.3 is 19.1 Å². The Kier molecular flexibility index (Phi) is 10.3. The molecule has 1 aliphatic rings. The lowest BCUT2D eigenvalue weighted by molar-refractivity contribution is -0.175. The summed E-state index contributed by atoms with van der Waals surface area (Å²) >= 11 is 0. The molecule has 3 rings (SSSR count). The molecule has 13 nitrogen and oxygen atoms in total. The first kappa shape index (κ1) is 30.2. The number of methoxy groups -OCH3 is 1. The molecule has 2 amide bonds. The third-order valence-electron chi connectivity index (χ3n) is 6.15. The molecule has 1 fully saturated rings. The summed E-state index contributed by atoms with van der Waals surface area (Å²) in [6, 6.07) is 7.88. The zero-order valence-corrected chi connectivity index (χ0v) is 22.4. The van der Waals surface area contributed by atoms with Gasteiger partial charge in [0.05, 0.1) is 32.1 Å². The van der Waals surface area contributed by atoms with Gasteiger partial charge < -0.3 is 29.8 Å². The van der Waals surface area contributed by atoms with Gasteiger partial charge in [-0.25, -0.2) is 9.78 Å². The van der Waals surface area contributed by atoms with E-state index < -0.39 is 67.3 Å². The monoisotopic (exact) mass is 554 g/mol. The molecule has 0 radical (unpaired) electrons. The van der Waals surface area contributed by atoms with Gasteiger partial charge in [0, 0.05) is 18.8 Å². The number of esters is 1. The standard InChI is InChI=1S/C26H31BN4O9/c1-16(2)11-20(27-39-22(33)14-26(40-27,25(36)37)13-21(32)38-3)31-23(34)18(12-17-7-5-4-6-8-17)30-24(35)19-15-28-9-10-29-19/h4-10,15-16,18,20H,11-14H2,1-3H3,(H,30,35)(H,31,34)(H,36,37)/t18?,20-,26?/m0/s1. The van der Waals surface area contributed by atoms with Crippen LogP contribution in [0.25, 0.3) is 0 Å². The Morgan fingerprint density at radius 1 is 1.15 bits per heavy atom. The van der Waals surface area contributed by atoms with Crippen LogP contribution in [-0.4, -0.2) is 76.6 Å². The first-order valence-corrected chi connectivity index (χ1v) is 12.6. The summed E-state index contributed by atoms with van der Waals surface area (Å²) in [5.74, 6) is -5.70. The van der Waals surface area contributed by atoms with Crippen molar-refractivity contribution in [3.8, 4) is 0 Å². The van der Waals surface area contributed by atoms with Crippen LogP contribution in [0.15, 0.2) is 48.9 Å². The minimum absolute atomic E-state index is 0.00527. The van der Waals surface area contributed by atoms with Crippen molar-refractivity contribution >= 4 is 36.8 Å². The normalized spacial score (nSPS) is 18.3. The minimum atomic E-state index is -2.24. The van der Waals surface area contributed by atoms with Crippen molar-refractivity contribution in [3.05, 3.63) is 60.2 Å². The molecule has 1 aromatic heterocycles. The average molecular weight is 554 g/mol. The molecule has 0 bridgehead atoms. The Labute approximate surface area is 231 Å². The molecule has 2 unspecified atom stereocenters. The third kappa shape index (κ3) is 8.09. The summed E-state index contributed by atoms with van der Waals surface area (Å²) in [7, 11) is -0.443. The Bertz CT molecular complexity index is 1220. The number of aliphatic carboxylic acids is 1. The largest absolute Gasteiger partial charge is 0.552 e. The molecular weight excluding hydrogens is 523 g/mol. The molecule has 2 aromatic rings. The van der Waals surface area contributed by atoms with E-state index in [0.29, 0.717) is 0 Å². The van der Waals surface area contributed by atoms with Crippen molar-refractivity contribution in [1.82, 2.24) is 20.6 Å². The number of ether oxygens (including phenoxy) is 1. The van der Waals surface area contributed by atoms with E-state index in [0.717, 1.165) is 12.7 Å². The third-order valence-corrected chi connectivity index (χ3v) is 6.15. The fraction of sp³-hybridized carbons (Fsp3) is 0.423. The number of carbonyl (C=O) groups is 5. The lowest BCUT2D eigenvalue weighted by Gasteiger charge is -2.38. The Morgan fingerprint density at radius 2 is 1.88 bits per heavy atom. The van der Waals surface area contributed by atoms with Crippen LogP contribution in [-0.2, 0) is 39.6 Å². The second-order valence-electron chi connectivity index (χ2n) is 9.76. The van der Waals surface area contributed by atoms with E-state index in [1.165, 1.54) is 18.6 Å². The number of hydrogen-bond donors (Lipinski definition) is 3. The van der Waals surface area contributed by atoms with Crippen LogP contribution < -0.4 is 10.6 Å². The van der Waals surface area contributed by atoms with Gasteiger partial charge in [-0.3, -0.25) is 24.2 Å². The lowest BCUT2D eigenvalue weighted by Crippen LogP contribution is -2.63. The maximum atomic E-state index is 13.6.